The Morgan fingerprint density at radius 1 is 1.18 bits per heavy atom. The predicted octanol–water partition coefficient (Wildman–Crippen LogP) is 4.55. The van der Waals surface area contributed by atoms with Crippen LogP contribution in [0.15, 0.2) is 58.4 Å². The number of nitriles is 1. The molecule has 1 aromatic heterocycles. The Morgan fingerprint density at radius 3 is 2.37 bits per heavy atom. The van der Waals surface area contributed by atoms with Gasteiger partial charge in [0.15, 0.2) is 6.19 Å². The van der Waals surface area contributed by atoms with E-state index in [1.807, 2.05) is 0 Å². The molecule has 0 aliphatic carbocycles. The first-order valence-corrected chi connectivity index (χ1v) is 12.9. The molecule has 0 aliphatic heterocycles. The van der Waals surface area contributed by atoms with Crippen molar-refractivity contribution < 1.29 is 26.6 Å². The van der Waals surface area contributed by atoms with Gasteiger partial charge >= 0.3 is 6.18 Å². The van der Waals surface area contributed by atoms with Crippen LogP contribution in [-0.4, -0.2) is 20.6 Å². The Hall–Kier alpha value is -4.11. The molecule has 0 saturated heterocycles. The van der Waals surface area contributed by atoms with E-state index < -0.39 is 38.6 Å². The Labute approximate surface area is 216 Å². The molecule has 0 aliphatic rings. The van der Waals surface area contributed by atoms with Gasteiger partial charge in [0.2, 0.25) is 5.43 Å². The number of alkyl halides is 3. The molecule has 0 saturated carbocycles. The molecule has 0 fully saturated rings. The molecule has 38 heavy (non-hydrogen) atoms. The average molecular weight is 549 g/mol. The van der Waals surface area contributed by atoms with Crippen LogP contribution in [0.3, 0.4) is 0 Å². The highest BCUT2D eigenvalue weighted by Gasteiger charge is 2.35. The average Bonchev–Trinajstić information content (AvgIpc) is 2.83. The predicted molar refractivity (Wildman–Crippen MR) is 136 cm³/mol. The zero-order chi connectivity index (χ0) is 28.4. The van der Waals surface area contributed by atoms with Crippen LogP contribution in [0.2, 0.25) is 0 Å². The van der Waals surface area contributed by atoms with Crippen molar-refractivity contribution in [2.24, 2.45) is 0 Å². The van der Waals surface area contributed by atoms with Crippen LogP contribution in [0.25, 0.3) is 11.1 Å². The minimum Gasteiger partial charge on any atom is -0.348 e. The fraction of sp³-hybridized carbons (Fsp3) is 0.231. The third-order valence-electron chi connectivity index (χ3n) is 5.82. The van der Waals surface area contributed by atoms with Gasteiger partial charge in [0.25, 0.3) is 5.91 Å². The summed E-state index contributed by atoms with van der Waals surface area (Å²) in [5, 5.41) is 11.3. The lowest BCUT2D eigenvalue weighted by molar-refractivity contribution is -0.139. The number of aromatic nitrogens is 1. The number of nitrogens with zero attached hydrogens (tertiary/aromatic N) is 2. The van der Waals surface area contributed by atoms with E-state index in [9.17, 15) is 31.4 Å². The molecule has 1 amide bonds. The number of benzene rings is 2. The first-order valence-electron chi connectivity index (χ1n) is 11.2. The van der Waals surface area contributed by atoms with E-state index in [0.29, 0.717) is 23.4 Å². The number of nitrogens with one attached hydrogen (secondary N) is 2. The summed E-state index contributed by atoms with van der Waals surface area (Å²) in [6, 6.07) is 8.10. The van der Waals surface area contributed by atoms with E-state index >= 15 is 0 Å². The van der Waals surface area contributed by atoms with Crippen molar-refractivity contribution >= 4 is 21.5 Å². The Morgan fingerprint density at radius 2 is 1.82 bits per heavy atom. The summed E-state index contributed by atoms with van der Waals surface area (Å²) < 4.78 is 69.9. The maximum absolute atomic E-state index is 13.9. The van der Waals surface area contributed by atoms with Crippen LogP contribution in [0, 0.1) is 24.2 Å². The van der Waals surface area contributed by atoms with Crippen LogP contribution in [0.1, 0.15) is 47.1 Å². The normalized spacial score (nSPS) is 13.0. The molecule has 0 spiro atoms. The van der Waals surface area contributed by atoms with Gasteiger partial charge in [0.1, 0.15) is 11.4 Å². The van der Waals surface area contributed by atoms with Gasteiger partial charge in [-0.15, -0.1) is 0 Å². The number of hydrogen-bond acceptors (Lipinski definition) is 4. The Kier molecular flexibility index (Phi) is 8.02. The monoisotopic (exact) mass is 548 g/mol. The van der Waals surface area contributed by atoms with Crippen LogP contribution >= 0.6 is 0 Å². The standard InChI is InChI=1S/C26H24F4N4O3S/c1-15(2)34-13-20(25(36)32-12-17-5-8-19(9-6-17)38(4,37)33-14-31)24(35)23(16(34)3)18-7-10-22(27)21(11-18)26(28,29)30/h5-11,13,15H,4,12H2,1-3H3,(H,32,36)(H,33,37). The van der Waals surface area contributed by atoms with Gasteiger partial charge in [0, 0.05) is 30.0 Å². The summed E-state index contributed by atoms with van der Waals surface area (Å²) >= 11 is 0. The lowest BCUT2D eigenvalue weighted by atomic mass is 9.98. The summed E-state index contributed by atoms with van der Waals surface area (Å²) in [5.74, 6) is 1.24. The maximum Gasteiger partial charge on any atom is 0.419 e. The number of amides is 1. The summed E-state index contributed by atoms with van der Waals surface area (Å²) in [7, 11) is -3.01. The molecular weight excluding hydrogens is 524 g/mol. The molecule has 0 bridgehead atoms. The van der Waals surface area contributed by atoms with E-state index in [1.165, 1.54) is 18.3 Å². The highest BCUT2D eigenvalue weighted by Crippen LogP contribution is 2.34. The second-order valence-electron chi connectivity index (χ2n) is 8.74. The molecule has 2 N–H and O–H groups in total. The topological polar surface area (TPSA) is 104 Å². The molecule has 7 nitrogen and oxygen atoms in total. The van der Waals surface area contributed by atoms with Crippen LogP contribution < -0.4 is 15.5 Å². The quantitative estimate of drug-likeness (QED) is 0.196. The van der Waals surface area contributed by atoms with E-state index in [4.69, 9.17) is 5.26 Å². The maximum atomic E-state index is 13.9. The summed E-state index contributed by atoms with van der Waals surface area (Å²) in [5.41, 5.74) is -2.02. The number of carbonyl (C=O) groups excluding carboxylic acids is 1. The Balaban J connectivity index is 1.99. The van der Waals surface area contributed by atoms with Gasteiger partial charge in [-0.3, -0.25) is 9.59 Å². The number of halogens is 4. The summed E-state index contributed by atoms with van der Waals surface area (Å²) in [6.07, 6.45) is -2.05. The van der Waals surface area contributed by atoms with E-state index in [2.05, 4.69) is 15.9 Å². The van der Waals surface area contributed by atoms with Gasteiger partial charge < -0.3 is 9.88 Å². The van der Waals surface area contributed by atoms with Crippen molar-refractivity contribution in [1.82, 2.24) is 14.6 Å². The van der Waals surface area contributed by atoms with E-state index in [1.54, 1.807) is 43.7 Å². The molecule has 0 radical (unpaired) electrons. The SMILES string of the molecule is C=S(=O)(NC#N)c1ccc(CNC(=O)c2cn(C(C)C)c(C)c(-c3ccc(F)c(C(F)(F)F)c3)c2=O)cc1. The second-order valence-corrected chi connectivity index (χ2v) is 10.8. The molecule has 3 aromatic rings. The number of hydrogen-bond donors (Lipinski definition) is 2. The Bertz CT molecular complexity index is 1590. The highest BCUT2D eigenvalue weighted by atomic mass is 32.2. The summed E-state index contributed by atoms with van der Waals surface area (Å²) in [6.45, 7) is 5.07. The molecule has 2 aromatic carbocycles. The van der Waals surface area contributed by atoms with Crippen molar-refractivity contribution in [2.75, 3.05) is 0 Å². The lowest BCUT2D eigenvalue weighted by Crippen LogP contribution is -2.31. The third-order valence-corrected chi connectivity index (χ3v) is 7.27. The molecule has 1 atom stereocenters. The van der Waals surface area contributed by atoms with Crippen molar-refractivity contribution in [3.8, 4) is 17.3 Å². The zero-order valence-electron chi connectivity index (χ0n) is 20.6. The molecule has 12 heteroatoms. The van der Waals surface area contributed by atoms with Gasteiger partial charge in [0.05, 0.1) is 20.2 Å². The van der Waals surface area contributed by atoms with Crippen LogP contribution in [-0.2, 0) is 22.4 Å². The fourth-order valence-electron chi connectivity index (χ4n) is 3.90. The van der Waals surface area contributed by atoms with Crippen molar-refractivity contribution in [1.29, 1.82) is 5.26 Å². The number of carbonyl (C=O) groups is 1. The second kappa shape index (κ2) is 10.7. The fourth-order valence-corrected chi connectivity index (χ4v) is 4.74. The number of rotatable bonds is 7. The highest BCUT2D eigenvalue weighted by molar-refractivity contribution is 7.98. The van der Waals surface area contributed by atoms with Crippen molar-refractivity contribution in [3.05, 3.63) is 87.1 Å². The lowest BCUT2D eigenvalue weighted by Gasteiger charge is -2.20. The van der Waals surface area contributed by atoms with Gasteiger partial charge in [-0.05, 0) is 62.0 Å². The molecule has 1 unspecified atom stereocenters. The van der Waals surface area contributed by atoms with Crippen LogP contribution in [0.4, 0.5) is 17.6 Å². The van der Waals surface area contributed by atoms with Crippen molar-refractivity contribution in [3.63, 3.8) is 0 Å². The minimum atomic E-state index is -4.97. The third kappa shape index (κ3) is 5.89. The smallest absolute Gasteiger partial charge is 0.348 e. The van der Waals surface area contributed by atoms with Gasteiger partial charge in [-0.1, -0.05) is 18.2 Å². The minimum absolute atomic E-state index is 0.0256. The molecule has 3 rings (SSSR count). The molecular formula is C26H24F4N4O3S. The largest absolute Gasteiger partial charge is 0.419 e. The molecule has 200 valence electrons. The summed E-state index contributed by atoms with van der Waals surface area (Å²) in [4.78, 5) is 26.7. The first kappa shape index (κ1) is 28.5. The van der Waals surface area contributed by atoms with Gasteiger partial charge in [-0.2, -0.15) is 18.4 Å². The van der Waals surface area contributed by atoms with E-state index in [-0.39, 0.29) is 34.2 Å². The number of pyridine rings is 1. The zero-order valence-corrected chi connectivity index (χ0v) is 21.5. The van der Waals surface area contributed by atoms with Gasteiger partial charge in [-0.25, -0.2) is 13.3 Å². The van der Waals surface area contributed by atoms with Crippen molar-refractivity contribution in [2.45, 2.75) is 44.4 Å². The first-order chi connectivity index (χ1) is 17.7. The molecule has 1 heterocycles. The van der Waals surface area contributed by atoms with Crippen LogP contribution in [0.5, 0.6) is 0 Å². The van der Waals surface area contributed by atoms with E-state index in [0.717, 1.165) is 6.07 Å².